The third-order valence-corrected chi connectivity index (χ3v) is 8.52. The second-order valence-electron chi connectivity index (χ2n) is 11.1. The summed E-state index contributed by atoms with van der Waals surface area (Å²) in [5.74, 6) is -7.38. The fourth-order valence-electron chi connectivity index (χ4n) is 6.43. The highest BCUT2D eigenvalue weighted by atomic mass is 19.4. The quantitative estimate of drug-likeness (QED) is 0.341. The monoisotopic (exact) mass is 621 g/mol. The van der Waals surface area contributed by atoms with Gasteiger partial charge in [0.15, 0.2) is 11.6 Å². The van der Waals surface area contributed by atoms with Crippen molar-refractivity contribution in [1.29, 1.82) is 0 Å². The maximum Gasteiger partial charge on any atom is 0.406 e. The number of likely N-dealkylation sites (tertiary alicyclic amines) is 1. The van der Waals surface area contributed by atoms with Crippen LogP contribution in [-0.4, -0.2) is 62.9 Å². The van der Waals surface area contributed by atoms with Crippen LogP contribution in [-0.2, 0) is 27.8 Å². The second kappa shape index (κ2) is 10.9. The summed E-state index contributed by atoms with van der Waals surface area (Å²) in [6, 6.07) is 3.19. The lowest BCUT2D eigenvalue weighted by atomic mass is 9.80. The van der Waals surface area contributed by atoms with Gasteiger partial charge in [-0.15, -0.1) is 0 Å². The highest BCUT2D eigenvalue weighted by Gasteiger charge is 2.52. The highest BCUT2D eigenvalue weighted by molar-refractivity contribution is 6.06. The molecular formula is C29H25F6N5O4. The van der Waals surface area contributed by atoms with Gasteiger partial charge < -0.3 is 21.0 Å². The molecule has 4 N–H and O–H groups in total. The van der Waals surface area contributed by atoms with Gasteiger partial charge in [0.2, 0.25) is 11.8 Å². The molecule has 1 aromatic carbocycles. The first-order valence-corrected chi connectivity index (χ1v) is 13.4. The molecule has 1 aliphatic carbocycles. The number of amides is 3. The second-order valence-corrected chi connectivity index (χ2v) is 11.1. The van der Waals surface area contributed by atoms with Gasteiger partial charge in [-0.3, -0.25) is 19.4 Å². The number of aromatic nitrogens is 2. The summed E-state index contributed by atoms with van der Waals surface area (Å²) in [7, 11) is 0. The first-order valence-electron chi connectivity index (χ1n) is 13.4. The van der Waals surface area contributed by atoms with E-state index in [1.165, 1.54) is 19.2 Å². The molecule has 9 nitrogen and oxygen atoms in total. The maximum atomic E-state index is 14.7. The molecule has 2 aromatic heterocycles. The van der Waals surface area contributed by atoms with Crippen LogP contribution in [0.2, 0.25) is 0 Å². The van der Waals surface area contributed by atoms with E-state index in [9.17, 15) is 40.7 Å². The van der Waals surface area contributed by atoms with Crippen molar-refractivity contribution >= 4 is 23.5 Å². The van der Waals surface area contributed by atoms with E-state index in [4.69, 9.17) is 0 Å². The van der Waals surface area contributed by atoms with Gasteiger partial charge in [-0.05, 0) is 49.6 Å². The smallest absolute Gasteiger partial charge is 0.406 e. The van der Waals surface area contributed by atoms with Crippen molar-refractivity contribution in [2.45, 2.75) is 55.8 Å². The van der Waals surface area contributed by atoms with E-state index in [0.717, 1.165) is 0 Å². The Balaban J connectivity index is 0.00000384. The minimum Gasteiger partial charge on any atom is -0.412 e. The number of pyridine rings is 2. The van der Waals surface area contributed by atoms with Crippen LogP contribution in [0.4, 0.5) is 32.2 Å². The van der Waals surface area contributed by atoms with Crippen molar-refractivity contribution in [3.63, 3.8) is 0 Å². The number of halogens is 6. The molecule has 0 saturated carbocycles. The third kappa shape index (κ3) is 5.04. The van der Waals surface area contributed by atoms with E-state index in [1.807, 2.05) is 0 Å². The number of fused-ring (bicyclic) bond motifs is 3. The van der Waals surface area contributed by atoms with Crippen molar-refractivity contribution < 1.29 is 46.2 Å². The molecule has 3 amide bonds. The van der Waals surface area contributed by atoms with Crippen molar-refractivity contribution in [2.24, 2.45) is 0 Å². The number of anilines is 1. The standard InChI is InChI=1S/C29H23F6N5O3.H2O/c1-13-16(22-18(30)4-5-19(31)23(22)32)8-20(26(42)40(13)12-29(33,34)35)38-25(41)15-7-14-9-28(10-21(14)37-11-15)17-3-2-6-36-24(17)39-27(28)43;/h2-7,11,13,16,20H,8-10,12H2,1H3,(H,38,41)(H,36,39,43);1H2/t13-,16-,20+,28+;/m1./s1. The first-order chi connectivity index (χ1) is 20.3. The van der Waals surface area contributed by atoms with E-state index in [0.29, 0.717) is 39.7 Å². The molecule has 3 aliphatic rings. The summed E-state index contributed by atoms with van der Waals surface area (Å²) in [5, 5.41) is 5.14. The molecule has 4 heterocycles. The molecule has 44 heavy (non-hydrogen) atoms. The molecule has 15 heteroatoms. The van der Waals surface area contributed by atoms with Crippen LogP contribution < -0.4 is 10.6 Å². The number of benzene rings is 1. The van der Waals surface area contributed by atoms with Gasteiger partial charge in [0.05, 0.1) is 11.0 Å². The maximum absolute atomic E-state index is 14.7. The Morgan fingerprint density at radius 1 is 1.11 bits per heavy atom. The van der Waals surface area contributed by atoms with Crippen molar-refractivity contribution in [2.75, 3.05) is 11.9 Å². The Hall–Kier alpha value is -4.53. The molecule has 6 rings (SSSR count). The van der Waals surface area contributed by atoms with Crippen LogP contribution in [0.25, 0.3) is 0 Å². The Kier molecular flexibility index (Phi) is 7.64. The summed E-state index contributed by atoms with van der Waals surface area (Å²) in [6.07, 6.45) is -2.11. The van der Waals surface area contributed by atoms with Crippen LogP contribution in [0.5, 0.6) is 0 Å². The van der Waals surface area contributed by atoms with E-state index >= 15 is 0 Å². The van der Waals surface area contributed by atoms with Gasteiger partial charge in [0, 0.05) is 47.6 Å². The number of carbonyl (C=O) groups is 3. The average molecular weight is 622 g/mol. The number of nitrogens with zero attached hydrogens (tertiary/aromatic N) is 3. The van der Waals surface area contributed by atoms with Crippen LogP contribution in [0.3, 0.4) is 0 Å². The van der Waals surface area contributed by atoms with Gasteiger partial charge >= 0.3 is 6.18 Å². The average Bonchev–Trinajstić information content (AvgIpc) is 3.47. The van der Waals surface area contributed by atoms with Crippen LogP contribution in [0, 0.1) is 17.5 Å². The zero-order chi connectivity index (χ0) is 30.8. The zero-order valence-electron chi connectivity index (χ0n) is 22.9. The molecule has 1 spiro atoms. The molecule has 0 radical (unpaired) electrons. The van der Waals surface area contributed by atoms with E-state index in [1.54, 1.807) is 18.3 Å². The van der Waals surface area contributed by atoms with Crippen LogP contribution in [0.15, 0.2) is 42.7 Å². The number of piperidine rings is 1. The molecule has 232 valence electrons. The fraction of sp³-hybridized carbons (Fsp3) is 0.345. The number of hydrogen-bond donors (Lipinski definition) is 2. The Morgan fingerprint density at radius 3 is 2.57 bits per heavy atom. The van der Waals surface area contributed by atoms with E-state index < -0.39 is 77.4 Å². The Labute approximate surface area is 246 Å². The number of nitrogens with one attached hydrogen (secondary N) is 2. The third-order valence-electron chi connectivity index (χ3n) is 8.52. The zero-order valence-corrected chi connectivity index (χ0v) is 22.9. The molecule has 4 atom stereocenters. The first kappa shape index (κ1) is 30.9. The number of hydrogen-bond acceptors (Lipinski definition) is 5. The summed E-state index contributed by atoms with van der Waals surface area (Å²) < 4.78 is 83.8. The van der Waals surface area contributed by atoms with E-state index in [2.05, 4.69) is 20.6 Å². The van der Waals surface area contributed by atoms with Gasteiger partial charge in [-0.1, -0.05) is 6.07 Å². The predicted molar refractivity (Wildman–Crippen MR) is 142 cm³/mol. The molecule has 1 fully saturated rings. The van der Waals surface area contributed by atoms with Gasteiger partial charge in [0.1, 0.15) is 24.2 Å². The normalized spacial score (nSPS) is 24.1. The molecule has 0 unspecified atom stereocenters. The number of carbonyl (C=O) groups excluding carboxylic acids is 3. The largest absolute Gasteiger partial charge is 0.412 e. The molecule has 0 bridgehead atoms. The Morgan fingerprint density at radius 2 is 1.84 bits per heavy atom. The number of alkyl halides is 3. The minimum absolute atomic E-state index is 0. The minimum atomic E-state index is -4.86. The van der Waals surface area contributed by atoms with Crippen molar-refractivity contribution in [3.05, 3.63) is 88.1 Å². The van der Waals surface area contributed by atoms with Crippen molar-refractivity contribution in [3.8, 4) is 0 Å². The fourth-order valence-corrected chi connectivity index (χ4v) is 6.43. The van der Waals surface area contributed by atoms with Gasteiger partial charge in [0.25, 0.3) is 5.91 Å². The molecule has 3 aromatic rings. The summed E-state index contributed by atoms with van der Waals surface area (Å²) >= 11 is 0. The highest BCUT2D eigenvalue weighted by Crippen LogP contribution is 2.46. The topological polar surface area (TPSA) is 136 Å². The van der Waals surface area contributed by atoms with E-state index in [-0.39, 0.29) is 29.8 Å². The van der Waals surface area contributed by atoms with Crippen LogP contribution >= 0.6 is 0 Å². The van der Waals surface area contributed by atoms with Crippen LogP contribution in [0.1, 0.15) is 52.0 Å². The molecule has 1 saturated heterocycles. The lowest BCUT2D eigenvalue weighted by Crippen LogP contribution is -2.60. The van der Waals surface area contributed by atoms with Crippen molar-refractivity contribution in [1.82, 2.24) is 20.2 Å². The Bertz CT molecular complexity index is 1680. The summed E-state index contributed by atoms with van der Waals surface area (Å²) in [5.41, 5.74) is 0.0460. The predicted octanol–water partition coefficient (Wildman–Crippen LogP) is 3.12. The SMILES string of the molecule is C[C@@H]1[C@H](c2c(F)ccc(F)c2F)C[C@H](NC(=O)c2cnc3c(c2)C[C@@]2(C3)C(=O)Nc3ncccc32)C(=O)N1CC(F)(F)F.O. The summed E-state index contributed by atoms with van der Waals surface area (Å²) in [4.78, 5) is 48.4. The lowest BCUT2D eigenvalue weighted by Gasteiger charge is -2.43. The summed E-state index contributed by atoms with van der Waals surface area (Å²) in [6.45, 7) is -0.557. The number of rotatable bonds is 4. The molecular weight excluding hydrogens is 596 g/mol. The van der Waals surface area contributed by atoms with Gasteiger partial charge in [-0.25, -0.2) is 18.2 Å². The lowest BCUT2D eigenvalue weighted by molar-refractivity contribution is -0.170. The van der Waals surface area contributed by atoms with Gasteiger partial charge in [-0.2, -0.15) is 13.2 Å². The molecule has 2 aliphatic heterocycles.